The zero-order valence-corrected chi connectivity index (χ0v) is 10.8. The van der Waals surface area contributed by atoms with Crippen molar-refractivity contribution in [1.82, 2.24) is 0 Å². The van der Waals surface area contributed by atoms with Gasteiger partial charge in [0.2, 0.25) is 0 Å². The summed E-state index contributed by atoms with van der Waals surface area (Å²) in [5, 5.41) is 22.9. The fraction of sp³-hybridized carbons (Fsp3) is 0.417. The number of aromatic carboxylic acids is 1. The number of nitrogens with zero attached hydrogens (tertiary/aromatic N) is 1. The Morgan fingerprint density at radius 3 is 2.74 bits per heavy atom. The Balaban J connectivity index is 3.20. The number of anilines is 1. The maximum atomic E-state index is 11.1. The quantitative estimate of drug-likeness (QED) is 0.580. The van der Waals surface area contributed by atoms with Gasteiger partial charge in [-0.2, -0.15) is 0 Å². The number of benzene rings is 1. The van der Waals surface area contributed by atoms with E-state index in [1.165, 1.54) is 25.3 Å². The van der Waals surface area contributed by atoms with Gasteiger partial charge in [0.1, 0.15) is 5.69 Å². The molecule has 0 fully saturated rings. The Bertz CT molecular complexity index is 443. The van der Waals surface area contributed by atoms with Crippen LogP contribution in [0.15, 0.2) is 18.2 Å². The summed E-state index contributed by atoms with van der Waals surface area (Å²) < 4.78 is 4.99. The lowest BCUT2D eigenvalue weighted by Gasteiger charge is -2.18. The number of carboxylic acid groups (broad SMARTS) is 1. The number of methoxy groups -OCH3 is 1. The third-order valence-corrected chi connectivity index (χ3v) is 2.68. The molecule has 0 saturated carbocycles. The highest BCUT2D eigenvalue weighted by molar-refractivity contribution is 5.96. The highest BCUT2D eigenvalue weighted by Crippen LogP contribution is 2.29. The van der Waals surface area contributed by atoms with Gasteiger partial charge in [0.25, 0.3) is 5.69 Å². The van der Waals surface area contributed by atoms with Crippen molar-refractivity contribution in [2.24, 2.45) is 0 Å². The zero-order valence-electron chi connectivity index (χ0n) is 10.8. The van der Waals surface area contributed by atoms with E-state index in [0.717, 1.165) is 0 Å². The van der Waals surface area contributed by atoms with Crippen LogP contribution in [0.4, 0.5) is 11.4 Å². The van der Waals surface area contributed by atoms with Gasteiger partial charge in [0.05, 0.1) is 17.1 Å². The van der Waals surface area contributed by atoms with Crippen LogP contribution in [0.5, 0.6) is 0 Å². The zero-order chi connectivity index (χ0) is 14.4. The van der Waals surface area contributed by atoms with Gasteiger partial charge in [-0.15, -0.1) is 0 Å². The number of ether oxygens (including phenoxy) is 1. The first-order valence-corrected chi connectivity index (χ1v) is 5.77. The van der Waals surface area contributed by atoms with Crippen molar-refractivity contribution in [2.75, 3.05) is 19.0 Å². The Morgan fingerprint density at radius 2 is 2.26 bits per heavy atom. The Morgan fingerprint density at radius 1 is 1.58 bits per heavy atom. The van der Waals surface area contributed by atoms with Crippen LogP contribution >= 0.6 is 0 Å². The van der Waals surface area contributed by atoms with Crippen LogP contribution in [0.3, 0.4) is 0 Å². The van der Waals surface area contributed by atoms with E-state index in [1.807, 2.05) is 6.92 Å². The average Bonchev–Trinajstić information content (AvgIpc) is 2.37. The lowest BCUT2D eigenvalue weighted by molar-refractivity contribution is -0.384. The van der Waals surface area contributed by atoms with E-state index >= 15 is 0 Å². The second-order valence-electron chi connectivity index (χ2n) is 3.97. The predicted octanol–water partition coefficient (Wildman–Crippen LogP) is 2.13. The predicted molar refractivity (Wildman–Crippen MR) is 69.6 cm³/mol. The van der Waals surface area contributed by atoms with E-state index in [1.54, 1.807) is 0 Å². The van der Waals surface area contributed by atoms with Crippen molar-refractivity contribution in [2.45, 2.75) is 19.4 Å². The third-order valence-electron chi connectivity index (χ3n) is 2.68. The smallest absolute Gasteiger partial charge is 0.338 e. The van der Waals surface area contributed by atoms with Gasteiger partial charge in [0, 0.05) is 19.2 Å². The molecule has 0 aliphatic carbocycles. The van der Waals surface area contributed by atoms with Crippen LogP contribution in [0.1, 0.15) is 23.7 Å². The van der Waals surface area contributed by atoms with Gasteiger partial charge in [0.15, 0.2) is 0 Å². The molecule has 0 heterocycles. The lowest BCUT2D eigenvalue weighted by Crippen LogP contribution is -2.25. The molecule has 0 aliphatic heterocycles. The molecule has 0 bridgehead atoms. The van der Waals surface area contributed by atoms with Crippen molar-refractivity contribution < 1.29 is 19.6 Å². The number of carboxylic acids is 1. The molecule has 0 aromatic heterocycles. The molecular formula is C12H16N2O5. The molecule has 1 atom stereocenters. The average molecular weight is 268 g/mol. The molecular weight excluding hydrogens is 252 g/mol. The molecule has 1 rings (SSSR count). The summed E-state index contributed by atoms with van der Waals surface area (Å²) in [6.07, 6.45) is 0.652. The molecule has 104 valence electrons. The largest absolute Gasteiger partial charge is 0.478 e. The Kier molecular flexibility index (Phi) is 5.25. The van der Waals surface area contributed by atoms with E-state index in [9.17, 15) is 14.9 Å². The van der Waals surface area contributed by atoms with E-state index in [0.29, 0.717) is 13.0 Å². The molecule has 1 aromatic rings. The summed E-state index contributed by atoms with van der Waals surface area (Å²) in [7, 11) is 1.52. The summed E-state index contributed by atoms with van der Waals surface area (Å²) in [6, 6.07) is 3.76. The van der Waals surface area contributed by atoms with Crippen LogP contribution in [-0.2, 0) is 4.74 Å². The minimum absolute atomic E-state index is 0.0175. The molecule has 2 N–H and O–H groups in total. The second kappa shape index (κ2) is 6.69. The van der Waals surface area contributed by atoms with E-state index in [-0.39, 0.29) is 23.0 Å². The minimum Gasteiger partial charge on any atom is -0.478 e. The Hall–Kier alpha value is -2.15. The number of hydrogen-bond donors (Lipinski definition) is 2. The van der Waals surface area contributed by atoms with Gasteiger partial charge < -0.3 is 15.2 Å². The number of rotatable bonds is 7. The topological polar surface area (TPSA) is 102 Å². The summed E-state index contributed by atoms with van der Waals surface area (Å²) in [6.45, 7) is 2.22. The first-order valence-electron chi connectivity index (χ1n) is 5.77. The molecule has 0 radical (unpaired) electrons. The van der Waals surface area contributed by atoms with Crippen LogP contribution in [0, 0.1) is 10.1 Å². The van der Waals surface area contributed by atoms with Gasteiger partial charge in [-0.3, -0.25) is 10.1 Å². The monoisotopic (exact) mass is 268 g/mol. The van der Waals surface area contributed by atoms with E-state index in [2.05, 4.69) is 5.32 Å². The first kappa shape index (κ1) is 14.9. The fourth-order valence-electron chi connectivity index (χ4n) is 1.69. The van der Waals surface area contributed by atoms with E-state index in [4.69, 9.17) is 9.84 Å². The molecule has 0 saturated heterocycles. The van der Waals surface area contributed by atoms with Gasteiger partial charge in [-0.25, -0.2) is 4.79 Å². The number of nitro groups is 1. The maximum absolute atomic E-state index is 11.1. The molecule has 0 spiro atoms. The van der Waals surface area contributed by atoms with Gasteiger partial charge in [-0.05, 0) is 12.5 Å². The van der Waals surface area contributed by atoms with Crippen molar-refractivity contribution >= 4 is 17.3 Å². The van der Waals surface area contributed by atoms with Crippen molar-refractivity contribution in [3.05, 3.63) is 33.9 Å². The molecule has 19 heavy (non-hydrogen) atoms. The van der Waals surface area contributed by atoms with E-state index < -0.39 is 10.9 Å². The SMILES string of the molecule is CCC(COC)Nc1c(C(=O)O)cccc1[N+](=O)[O-]. The standard InChI is InChI=1S/C12H16N2O5/c1-3-8(7-19-2)13-11-9(12(15)16)5-4-6-10(11)14(17)18/h4-6,8,13H,3,7H2,1-2H3,(H,15,16). The summed E-state index contributed by atoms with van der Waals surface area (Å²) >= 11 is 0. The van der Waals surface area contributed by atoms with Crippen molar-refractivity contribution in [3.8, 4) is 0 Å². The number of nitro benzene ring substituents is 1. The molecule has 7 nitrogen and oxygen atoms in total. The highest BCUT2D eigenvalue weighted by Gasteiger charge is 2.23. The molecule has 1 unspecified atom stereocenters. The van der Waals surface area contributed by atoms with Crippen molar-refractivity contribution in [1.29, 1.82) is 0 Å². The van der Waals surface area contributed by atoms with Gasteiger partial charge >= 0.3 is 5.97 Å². The van der Waals surface area contributed by atoms with Crippen LogP contribution in [0.25, 0.3) is 0 Å². The normalized spacial score (nSPS) is 11.9. The first-order chi connectivity index (χ1) is 9.01. The molecule has 0 aliphatic rings. The maximum Gasteiger partial charge on any atom is 0.338 e. The molecule has 1 aromatic carbocycles. The fourth-order valence-corrected chi connectivity index (χ4v) is 1.69. The van der Waals surface area contributed by atoms with Crippen LogP contribution in [-0.4, -0.2) is 35.8 Å². The number of para-hydroxylation sites is 1. The van der Waals surface area contributed by atoms with Crippen LogP contribution in [0.2, 0.25) is 0 Å². The second-order valence-corrected chi connectivity index (χ2v) is 3.97. The van der Waals surface area contributed by atoms with Crippen LogP contribution < -0.4 is 5.32 Å². The number of nitrogens with one attached hydrogen (secondary N) is 1. The summed E-state index contributed by atoms with van der Waals surface area (Å²) in [5.74, 6) is -1.21. The third kappa shape index (κ3) is 3.65. The summed E-state index contributed by atoms with van der Waals surface area (Å²) in [4.78, 5) is 21.5. The van der Waals surface area contributed by atoms with Crippen molar-refractivity contribution in [3.63, 3.8) is 0 Å². The minimum atomic E-state index is -1.21. The Labute approximate surface area is 110 Å². The number of carbonyl (C=O) groups is 1. The lowest BCUT2D eigenvalue weighted by atomic mass is 10.1. The highest BCUT2D eigenvalue weighted by atomic mass is 16.6. The van der Waals surface area contributed by atoms with Gasteiger partial charge in [-0.1, -0.05) is 13.0 Å². The number of hydrogen-bond acceptors (Lipinski definition) is 5. The molecule has 7 heteroatoms. The summed E-state index contributed by atoms with van der Waals surface area (Å²) in [5.41, 5.74) is -0.359. The molecule has 0 amide bonds.